The summed E-state index contributed by atoms with van der Waals surface area (Å²) < 4.78 is 22.4. The number of halogens is 1. The Hall–Kier alpha value is -3.87. The van der Waals surface area contributed by atoms with Crippen LogP contribution in [0.15, 0.2) is 59.7 Å². The fourth-order valence-electron chi connectivity index (χ4n) is 5.72. The summed E-state index contributed by atoms with van der Waals surface area (Å²) in [4.78, 5) is 18.7. The van der Waals surface area contributed by atoms with E-state index >= 15 is 0 Å². The fraction of sp³-hybridized carbons (Fsp3) is 0.438. The number of aryl methyl sites for hydroxylation is 1. The van der Waals surface area contributed by atoms with Gasteiger partial charge < -0.3 is 9.84 Å². The van der Waals surface area contributed by atoms with Crippen LogP contribution >= 0.6 is 0 Å². The number of ether oxygens (including phenoxy) is 1. The summed E-state index contributed by atoms with van der Waals surface area (Å²) in [5.41, 5.74) is 3.53. The van der Waals surface area contributed by atoms with Crippen molar-refractivity contribution in [2.75, 3.05) is 13.3 Å². The molecular weight excluding hydrogens is 521 g/mol. The number of rotatable bonds is 10. The molecule has 0 saturated heterocycles. The number of hydrogen-bond donors (Lipinski definition) is 1. The van der Waals surface area contributed by atoms with Crippen LogP contribution in [0.4, 0.5) is 4.39 Å². The van der Waals surface area contributed by atoms with Gasteiger partial charge >= 0.3 is 0 Å². The van der Waals surface area contributed by atoms with Crippen LogP contribution in [-0.2, 0) is 17.6 Å². The summed E-state index contributed by atoms with van der Waals surface area (Å²) in [7, 11) is 0. The molecule has 1 N–H and O–H groups in total. The van der Waals surface area contributed by atoms with Gasteiger partial charge in [0.25, 0.3) is 5.56 Å². The average Bonchev–Trinajstić information content (AvgIpc) is 3.48. The lowest BCUT2D eigenvalue weighted by Gasteiger charge is -2.32. The van der Waals surface area contributed by atoms with Gasteiger partial charge in [-0.15, -0.1) is 0 Å². The second kappa shape index (κ2) is 12.3. The molecule has 0 radical (unpaired) electrons. The van der Waals surface area contributed by atoms with Crippen LogP contribution in [0.1, 0.15) is 74.4 Å². The molecule has 2 heterocycles. The highest BCUT2D eigenvalue weighted by Gasteiger charge is 2.30. The van der Waals surface area contributed by atoms with Crippen LogP contribution in [0.2, 0.25) is 0 Å². The highest BCUT2D eigenvalue weighted by atomic mass is 19.1. The lowest BCUT2D eigenvalue weighted by atomic mass is 9.92. The van der Waals surface area contributed by atoms with E-state index in [1.54, 1.807) is 4.57 Å². The molecule has 1 aliphatic rings. The molecule has 1 fully saturated rings. The van der Waals surface area contributed by atoms with E-state index in [0.717, 1.165) is 28.8 Å². The van der Waals surface area contributed by atoms with Crippen molar-refractivity contribution < 1.29 is 14.2 Å². The van der Waals surface area contributed by atoms with Crippen LogP contribution in [0.3, 0.4) is 0 Å². The van der Waals surface area contributed by atoms with E-state index < -0.39 is 12.3 Å². The molecule has 0 aliphatic heterocycles. The zero-order chi connectivity index (χ0) is 29.0. The van der Waals surface area contributed by atoms with Gasteiger partial charge in [0.15, 0.2) is 0 Å². The minimum Gasteiger partial charge on any atom is -0.385 e. The molecule has 0 spiro atoms. The fourth-order valence-corrected chi connectivity index (χ4v) is 5.72. The number of fused-ring (bicyclic) bond motifs is 1. The number of aliphatic hydroxyl groups is 1. The molecule has 8 nitrogen and oxygen atoms in total. The standard InChI is InChI=1S/C32H36FN5O3/c1-3-6-29-28(17-22-9-11-23(12-10-22)27-8-5-4-7-24(27)18-34)30(39)37(31-35-21-36-38(29)31)25-13-15-26(16-14-25)41-20-32(2,40)19-33/h4-5,7-12,21,25-26,40H,3,6,13-17,19-20H2,1-2H3. The maximum absolute atomic E-state index is 14.2. The minimum atomic E-state index is -1.48. The Bertz CT molecular complexity index is 1590. The normalized spacial score (nSPS) is 18.7. The molecule has 0 bridgehead atoms. The molecule has 1 unspecified atom stereocenters. The average molecular weight is 558 g/mol. The van der Waals surface area contributed by atoms with Crippen LogP contribution in [0, 0.1) is 11.3 Å². The molecule has 1 aliphatic carbocycles. The quantitative estimate of drug-likeness (QED) is 0.288. The van der Waals surface area contributed by atoms with Crippen molar-refractivity contribution in [3.8, 4) is 17.2 Å². The Morgan fingerprint density at radius 2 is 1.88 bits per heavy atom. The first-order valence-corrected chi connectivity index (χ1v) is 14.3. The highest BCUT2D eigenvalue weighted by molar-refractivity contribution is 5.70. The first-order chi connectivity index (χ1) is 19.8. The predicted molar refractivity (Wildman–Crippen MR) is 154 cm³/mol. The molecular formula is C32H36FN5O3. The van der Waals surface area contributed by atoms with E-state index in [0.29, 0.717) is 55.4 Å². The van der Waals surface area contributed by atoms with Gasteiger partial charge in [-0.1, -0.05) is 55.8 Å². The molecule has 2 aromatic carbocycles. The summed E-state index contributed by atoms with van der Waals surface area (Å²) in [5.74, 6) is 0.551. The van der Waals surface area contributed by atoms with Gasteiger partial charge in [-0.25, -0.2) is 8.91 Å². The number of nitriles is 1. The summed E-state index contributed by atoms with van der Waals surface area (Å²) in [6, 6.07) is 17.7. The molecule has 2 aromatic heterocycles. The minimum absolute atomic E-state index is 0.0439. The third-order valence-corrected chi connectivity index (χ3v) is 7.93. The maximum atomic E-state index is 14.2. The van der Waals surface area contributed by atoms with E-state index in [2.05, 4.69) is 23.1 Å². The molecule has 0 amide bonds. The Labute approximate surface area is 239 Å². The molecule has 1 atom stereocenters. The molecule has 41 heavy (non-hydrogen) atoms. The summed E-state index contributed by atoms with van der Waals surface area (Å²) in [6.07, 6.45) is 6.28. The van der Waals surface area contributed by atoms with Gasteiger partial charge in [-0.3, -0.25) is 9.36 Å². The van der Waals surface area contributed by atoms with Gasteiger partial charge in [0.1, 0.15) is 18.6 Å². The van der Waals surface area contributed by atoms with Crippen molar-refractivity contribution in [2.24, 2.45) is 0 Å². The van der Waals surface area contributed by atoms with Crippen molar-refractivity contribution in [1.82, 2.24) is 19.2 Å². The third-order valence-electron chi connectivity index (χ3n) is 7.93. The topological polar surface area (TPSA) is 105 Å². The lowest BCUT2D eigenvalue weighted by Crippen LogP contribution is -2.38. The zero-order valence-corrected chi connectivity index (χ0v) is 23.6. The van der Waals surface area contributed by atoms with Crippen molar-refractivity contribution in [3.63, 3.8) is 0 Å². The first kappa shape index (κ1) is 28.7. The Morgan fingerprint density at radius 1 is 1.15 bits per heavy atom. The van der Waals surface area contributed by atoms with E-state index in [1.165, 1.54) is 13.3 Å². The van der Waals surface area contributed by atoms with Gasteiger partial charge in [0.2, 0.25) is 5.78 Å². The highest BCUT2D eigenvalue weighted by Crippen LogP contribution is 2.31. The van der Waals surface area contributed by atoms with Crippen LogP contribution in [0.5, 0.6) is 0 Å². The molecule has 1 saturated carbocycles. The van der Waals surface area contributed by atoms with E-state index in [9.17, 15) is 19.6 Å². The Kier molecular flexibility index (Phi) is 8.62. The van der Waals surface area contributed by atoms with Crippen LogP contribution in [-0.4, -0.2) is 49.3 Å². The first-order valence-electron chi connectivity index (χ1n) is 14.3. The van der Waals surface area contributed by atoms with Gasteiger partial charge in [-0.05, 0) is 61.8 Å². The number of nitrogens with zero attached hydrogens (tertiary/aromatic N) is 5. The van der Waals surface area contributed by atoms with E-state index in [-0.39, 0.29) is 24.3 Å². The van der Waals surface area contributed by atoms with Crippen molar-refractivity contribution in [3.05, 3.63) is 87.6 Å². The largest absolute Gasteiger partial charge is 0.385 e. The molecule has 214 valence electrons. The smallest absolute Gasteiger partial charge is 0.259 e. The van der Waals surface area contributed by atoms with Crippen molar-refractivity contribution in [1.29, 1.82) is 5.26 Å². The predicted octanol–water partition coefficient (Wildman–Crippen LogP) is 5.19. The Morgan fingerprint density at radius 3 is 2.56 bits per heavy atom. The van der Waals surface area contributed by atoms with E-state index in [1.807, 2.05) is 53.0 Å². The SMILES string of the molecule is CCCc1c(Cc2ccc(-c3ccccc3C#N)cc2)c(=O)n(C2CCC(OCC(C)(O)CF)CC2)c2ncnn12. The summed E-state index contributed by atoms with van der Waals surface area (Å²) in [6.45, 7) is 2.61. The summed E-state index contributed by atoms with van der Waals surface area (Å²) >= 11 is 0. The van der Waals surface area contributed by atoms with Crippen LogP contribution in [0.25, 0.3) is 16.9 Å². The Balaban J connectivity index is 1.44. The van der Waals surface area contributed by atoms with Crippen LogP contribution < -0.4 is 5.56 Å². The maximum Gasteiger partial charge on any atom is 0.259 e. The zero-order valence-electron chi connectivity index (χ0n) is 23.6. The molecule has 5 rings (SSSR count). The van der Waals surface area contributed by atoms with Crippen molar-refractivity contribution >= 4 is 5.78 Å². The number of benzene rings is 2. The second-order valence-corrected chi connectivity index (χ2v) is 11.2. The second-order valence-electron chi connectivity index (χ2n) is 11.2. The van der Waals surface area contributed by atoms with Crippen molar-refractivity contribution in [2.45, 2.75) is 76.5 Å². The number of aromatic nitrogens is 4. The third kappa shape index (κ3) is 6.09. The van der Waals surface area contributed by atoms with Gasteiger partial charge in [0.05, 0.1) is 30.0 Å². The lowest BCUT2D eigenvalue weighted by molar-refractivity contribution is -0.0830. The van der Waals surface area contributed by atoms with Gasteiger partial charge in [-0.2, -0.15) is 15.3 Å². The number of alkyl halides is 1. The van der Waals surface area contributed by atoms with Gasteiger partial charge in [0, 0.05) is 18.0 Å². The summed E-state index contributed by atoms with van der Waals surface area (Å²) in [5, 5.41) is 24.0. The molecule has 9 heteroatoms. The van der Waals surface area contributed by atoms with E-state index in [4.69, 9.17) is 4.74 Å². The number of hydrogen-bond acceptors (Lipinski definition) is 6. The molecule has 4 aromatic rings. The monoisotopic (exact) mass is 557 g/mol.